The Morgan fingerprint density at radius 1 is 1.16 bits per heavy atom. The van der Waals surface area contributed by atoms with Crippen molar-refractivity contribution in [2.24, 2.45) is 0 Å². The highest BCUT2D eigenvalue weighted by Crippen LogP contribution is 2.25. The standard InChI is InChI=1S/C18H13ClN4OS/c19-15-7-2-1-4-11(15)8-13-10-20-18(25-13)22-17(24)14-6-3-5-12-9-21-23-16(12)14/h1-7,9-10H,8H2,(H,21,23)(H,20,22,24). The molecule has 0 radical (unpaired) electrons. The van der Waals surface area contributed by atoms with Crippen LogP contribution in [0.3, 0.4) is 0 Å². The molecule has 0 bridgehead atoms. The van der Waals surface area contributed by atoms with E-state index in [1.807, 2.05) is 36.4 Å². The lowest BCUT2D eigenvalue weighted by molar-refractivity contribution is 0.102. The van der Waals surface area contributed by atoms with Gasteiger partial charge in [0.1, 0.15) is 0 Å². The number of fused-ring (bicyclic) bond motifs is 1. The predicted octanol–water partition coefficient (Wildman–Crippen LogP) is 4.52. The van der Waals surface area contributed by atoms with Crippen LogP contribution in [0.1, 0.15) is 20.8 Å². The summed E-state index contributed by atoms with van der Waals surface area (Å²) < 4.78 is 0. The second-order valence-corrected chi connectivity index (χ2v) is 7.02. The van der Waals surface area contributed by atoms with Gasteiger partial charge in [0.2, 0.25) is 0 Å². The summed E-state index contributed by atoms with van der Waals surface area (Å²) >= 11 is 7.63. The number of nitrogens with zero attached hydrogens (tertiary/aromatic N) is 2. The summed E-state index contributed by atoms with van der Waals surface area (Å²) in [5, 5.41) is 11.9. The number of hydrogen-bond acceptors (Lipinski definition) is 4. The van der Waals surface area contributed by atoms with Crippen LogP contribution in [0.4, 0.5) is 5.13 Å². The van der Waals surface area contributed by atoms with Gasteiger partial charge in [-0.15, -0.1) is 11.3 Å². The summed E-state index contributed by atoms with van der Waals surface area (Å²) in [6.45, 7) is 0. The number of aromatic nitrogens is 3. The molecule has 0 aliphatic carbocycles. The highest BCUT2D eigenvalue weighted by atomic mass is 35.5. The van der Waals surface area contributed by atoms with Crippen molar-refractivity contribution >= 4 is 44.9 Å². The van der Waals surface area contributed by atoms with Gasteiger partial charge in [-0.1, -0.05) is 41.9 Å². The van der Waals surface area contributed by atoms with Crippen LogP contribution in [0.15, 0.2) is 54.9 Å². The predicted molar refractivity (Wildman–Crippen MR) is 100 cm³/mol. The van der Waals surface area contributed by atoms with Gasteiger partial charge in [0.25, 0.3) is 5.91 Å². The second kappa shape index (κ2) is 6.66. The highest BCUT2D eigenvalue weighted by molar-refractivity contribution is 7.15. The van der Waals surface area contributed by atoms with Crippen molar-refractivity contribution in [3.05, 3.63) is 75.9 Å². The molecule has 2 N–H and O–H groups in total. The van der Waals surface area contributed by atoms with Crippen molar-refractivity contribution in [3.8, 4) is 0 Å². The lowest BCUT2D eigenvalue weighted by atomic mass is 10.1. The van der Waals surface area contributed by atoms with Crippen molar-refractivity contribution in [2.45, 2.75) is 6.42 Å². The van der Waals surface area contributed by atoms with E-state index in [0.717, 1.165) is 20.8 Å². The molecule has 0 spiro atoms. The smallest absolute Gasteiger partial charge is 0.259 e. The maximum absolute atomic E-state index is 12.5. The van der Waals surface area contributed by atoms with Crippen LogP contribution < -0.4 is 5.32 Å². The van der Waals surface area contributed by atoms with Crippen molar-refractivity contribution in [2.75, 3.05) is 5.32 Å². The average Bonchev–Trinajstić information content (AvgIpc) is 3.25. The molecule has 0 fully saturated rings. The van der Waals surface area contributed by atoms with E-state index in [2.05, 4.69) is 20.5 Å². The van der Waals surface area contributed by atoms with Gasteiger partial charge in [0, 0.05) is 27.9 Å². The number of thiazole rings is 1. The van der Waals surface area contributed by atoms with Crippen LogP contribution in [-0.2, 0) is 6.42 Å². The van der Waals surface area contributed by atoms with Gasteiger partial charge in [0.05, 0.1) is 17.3 Å². The van der Waals surface area contributed by atoms with Crippen LogP contribution >= 0.6 is 22.9 Å². The van der Waals surface area contributed by atoms with Gasteiger partial charge >= 0.3 is 0 Å². The van der Waals surface area contributed by atoms with Gasteiger partial charge in [-0.2, -0.15) is 5.10 Å². The van der Waals surface area contributed by atoms with E-state index in [1.165, 1.54) is 11.3 Å². The number of hydrogen-bond donors (Lipinski definition) is 2. The van der Waals surface area contributed by atoms with Crippen molar-refractivity contribution in [3.63, 3.8) is 0 Å². The number of halogens is 1. The summed E-state index contributed by atoms with van der Waals surface area (Å²) in [4.78, 5) is 17.9. The molecular weight excluding hydrogens is 356 g/mol. The normalized spacial score (nSPS) is 10.9. The number of H-pyrrole nitrogens is 1. The molecule has 4 aromatic rings. The number of rotatable bonds is 4. The molecule has 2 heterocycles. The summed E-state index contributed by atoms with van der Waals surface area (Å²) in [5.74, 6) is -0.214. The molecule has 5 nitrogen and oxygen atoms in total. The minimum absolute atomic E-state index is 0.214. The SMILES string of the molecule is O=C(Nc1ncc(Cc2ccccc2Cl)s1)c1cccc2cn[nH]c12. The topological polar surface area (TPSA) is 70.7 Å². The molecule has 4 rings (SSSR count). The number of aromatic amines is 1. The van der Waals surface area contributed by atoms with E-state index in [4.69, 9.17) is 11.6 Å². The minimum Gasteiger partial charge on any atom is -0.298 e. The zero-order valence-corrected chi connectivity index (χ0v) is 14.6. The molecule has 0 atom stereocenters. The van der Waals surface area contributed by atoms with E-state index >= 15 is 0 Å². The first kappa shape index (κ1) is 15.8. The Balaban J connectivity index is 1.52. The van der Waals surface area contributed by atoms with Crippen LogP contribution in [0, 0.1) is 0 Å². The van der Waals surface area contributed by atoms with Crippen LogP contribution in [0.5, 0.6) is 0 Å². The molecule has 0 unspecified atom stereocenters. The zero-order valence-electron chi connectivity index (χ0n) is 13.0. The fraction of sp³-hybridized carbons (Fsp3) is 0.0556. The number of amides is 1. The van der Waals surface area contributed by atoms with Crippen molar-refractivity contribution in [1.29, 1.82) is 0 Å². The summed E-state index contributed by atoms with van der Waals surface area (Å²) in [6, 6.07) is 13.2. The number of carbonyl (C=O) groups excluding carboxylic acids is 1. The second-order valence-electron chi connectivity index (χ2n) is 5.49. The molecule has 0 saturated carbocycles. The Kier molecular flexibility index (Phi) is 4.21. The fourth-order valence-electron chi connectivity index (χ4n) is 2.60. The molecule has 124 valence electrons. The highest BCUT2D eigenvalue weighted by Gasteiger charge is 2.13. The van der Waals surface area contributed by atoms with Crippen LogP contribution in [-0.4, -0.2) is 21.1 Å². The number of anilines is 1. The molecule has 0 aliphatic heterocycles. The number of nitrogens with one attached hydrogen (secondary N) is 2. The Labute approximate surface area is 152 Å². The van der Waals surface area contributed by atoms with Gasteiger partial charge in [-0.25, -0.2) is 4.98 Å². The Hall–Kier alpha value is -2.70. The van der Waals surface area contributed by atoms with E-state index < -0.39 is 0 Å². The zero-order chi connectivity index (χ0) is 17.2. The van der Waals surface area contributed by atoms with E-state index in [1.54, 1.807) is 18.5 Å². The number of carbonyl (C=O) groups is 1. The van der Waals surface area contributed by atoms with Crippen molar-refractivity contribution < 1.29 is 4.79 Å². The lowest BCUT2D eigenvalue weighted by Crippen LogP contribution is -2.12. The third-order valence-corrected chi connectivity index (χ3v) is 5.10. The quantitative estimate of drug-likeness (QED) is 0.556. The maximum atomic E-state index is 12.5. The van der Waals surface area contributed by atoms with Crippen LogP contribution in [0.2, 0.25) is 5.02 Å². The molecule has 2 aromatic heterocycles. The maximum Gasteiger partial charge on any atom is 0.259 e. The molecule has 1 amide bonds. The fourth-order valence-corrected chi connectivity index (χ4v) is 3.63. The molecule has 2 aromatic carbocycles. The van der Waals surface area contributed by atoms with Crippen LogP contribution in [0.25, 0.3) is 10.9 Å². The van der Waals surface area contributed by atoms with Gasteiger partial charge in [0.15, 0.2) is 5.13 Å². The number of benzene rings is 2. The first-order valence-corrected chi connectivity index (χ1v) is 8.82. The molecule has 0 aliphatic rings. The first-order valence-electron chi connectivity index (χ1n) is 7.62. The van der Waals surface area contributed by atoms with E-state index in [-0.39, 0.29) is 5.91 Å². The van der Waals surface area contributed by atoms with E-state index in [0.29, 0.717) is 22.6 Å². The van der Waals surface area contributed by atoms with E-state index in [9.17, 15) is 4.79 Å². The number of para-hydroxylation sites is 1. The molecule has 25 heavy (non-hydrogen) atoms. The first-order chi connectivity index (χ1) is 12.2. The monoisotopic (exact) mass is 368 g/mol. The van der Waals surface area contributed by atoms with Gasteiger partial charge in [-0.3, -0.25) is 15.2 Å². The van der Waals surface area contributed by atoms with Gasteiger partial charge in [-0.05, 0) is 17.7 Å². The summed E-state index contributed by atoms with van der Waals surface area (Å²) in [5.41, 5.74) is 2.29. The summed E-state index contributed by atoms with van der Waals surface area (Å²) in [7, 11) is 0. The average molecular weight is 369 g/mol. The van der Waals surface area contributed by atoms with Gasteiger partial charge < -0.3 is 0 Å². The summed E-state index contributed by atoms with van der Waals surface area (Å²) in [6.07, 6.45) is 4.14. The Morgan fingerprint density at radius 2 is 2.04 bits per heavy atom. The Bertz CT molecular complexity index is 1060. The largest absolute Gasteiger partial charge is 0.298 e. The van der Waals surface area contributed by atoms with Crippen molar-refractivity contribution in [1.82, 2.24) is 15.2 Å². The molecule has 0 saturated heterocycles. The third kappa shape index (κ3) is 3.26. The molecule has 7 heteroatoms. The lowest BCUT2D eigenvalue weighted by Gasteiger charge is -2.03. The molecular formula is C18H13ClN4OS. The Morgan fingerprint density at radius 3 is 2.92 bits per heavy atom. The minimum atomic E-state index is -0.214. The third-order valence-electron chi connectivity index (χ3n) is 3.82.